The van der Waals surface area contributed by atoms with Crippen LogP contribution in [0.2, 0.25) is 0 Å². The van der Waals surface area contributed by atoms with Gasteiger partial charge in [0.15, 0.2) is 0 Å². The van der Waals surface area contributed by atoms with Crippen molar-refractivity contribution in [2.45, 2.75) is 31.6 Å². The van der Waals surface area contributed by atoms with Gasteiger partial charge < -0.3 is 14.5 Å². The Balaban J connectivity index is 1.76. The molecule has 2 heterocycles. The van der Waals surface area contributed by atoms with Crippen LogP contribution in [0, 0.1) is 16.0 Å². The first-order valence-electron chi connectivity index (χ1n) is 10.7. The molecule has 2 aliphatic heterocycles. The average Bonchev–Trinajstić information content (AvgIpc) is 2.79. The maximum atomic E-state index is 12.8. The molecule has 0 radical (unpaired) electrons. The monoisotopic (exact) mass is 454 g/mol. The van der Waals surface area contributed by atoms with Gasteiger partial charge in [0.2, 0.25) is 15.9 Å². The fraction of sp³-hybridized carbons (Fsp3) is 0.650. The van der Waals surface area contributed by atoms with Crippen LogP contribution in [0.25, 0.3) is 0 Å². The second-order valence-corrected chi connectivity index (χ2v) is 9.63. The normalized spacial score (nSPS) is 18.4. The number of hydrogen-bond acceptors (Lipinski definition) is 7. The van der Waals surface area contributed by atoms with Crippen molar-refractivity contribution in [1.29, 1.82) is 0 Å². The molecule has 2 saturated heterocycles. The molecule has 1 aromatic carbocycles. The van der Waals surface area contributed by atoms with Crippen molar-refractivity contribution >= 4 is 27.3 Å². The van der Waals surface area contributed by atoms with Gasteiger partial charge in [0.25, 0.3) is 5.69 Å². The molecule has 2 aliphatic rings. The van der Waals surface area contributed by atoms with Gasteiger partial charge in [0.1, 0.15) is 5.69 Å². The number of nitro benzene ring substituents is 1. The van der Waals surface area contributed by atoms with E-state index in [4.69, 9.17) is 4.74 Å². The Labute approximate surface area is 182 Å². The number of rotatable bonds is 7. The standard InChI is InChI=1S/C20H30N4O6S/c1-3-23(4-2)31(28,29)17-5-6-18(19(15-17)24(26)27)21-9-7-16(8-10-21)20(25)22-11-13-30-14-12-22/h5-6,15-16H,3-4,7-14H2,1-2H3. The zero-order valence-corrected chi connectivity index (χ0v) is 18.8. The molecule has 3 rings (SSSR count). The van der Waals surface area contributed by atoms with Gasteiger partial charge in [-0.1, -0.05) is 13.8 Å². The summed E-state index contributed by atoms with van der Waals surface area (Å²) in [5.41, 5.74) is 0.159. The number of amides is 1. The number of morpholine rings is 1. The van der Waals surface area contributed by atoms with Crippen molar-refractivity contribution in [3.63, 3.8) is 0 Å². The van der Waals surface area contributed by atoms with Crippen LogP contribution in [0.1, 0.15) is 26.7 Å². The lowest BCUT2D eigenvalue weighted by Crippen LogP contribution is -2.46. The molecule has 0 spiro atoms. The number of carbonyl (C=O) groups is 1. The largest absolute Gasteiger partial charge is 0.378 e. The molecule has 1 amide bonds. The van der Waals surface area contributed by atoms with Gasteiger partial charge >= 0.3 is 0 Å². The number of hydrogen-bond donors (Lipinski definition) is 0. The number of sulfonamides is 1. The SMILES string of the molecule is CCN(CC)S(=O)(=O)c1ccc(N2CCC(C(=O)N3CCOCC3)CC2)c([N+](=O)[O-])c1. The number of nitrogens with zero attached hydrogens (tertiary/aromatic N) is 4. The van der Waals surface area contributed by atoms with Gasteiger partial charge in [-0.2, -0.15) is 4.31 Å². The van der Waals surface area contributed by atoms with Crippen molar-refractivity contribution in [2.75, 3.05) is 57.4 Å². The molecule has 31 heavy (non-hydrogen) atoms. The summed E-state index contributed by atoms with van der Waals surface area (Å²) in [6.45, 7) is 7.36. The third-order valence-electron chi connectivity index (χ3n) is 5.99. The minimum atomic E-state index is -3.79. The molecule has 0 bridgehead atoms. The number of carbonyl (C=O) groups excluding carboxylic acids is 1. The number of benzene rings is 1. The summed E-state index contributed by atoms with van der Waals surface area (Å²) < 4.78 is 32.1. The third kappa shape index (κ3) is 4.99. The van der Waals surface area contributed by atoms with E-state index in [1.165, 1.54) is 16.4 Å². The van der Waals surface area contributed by atoms with Crippen LogP contribution in [0.15, 0.2) is 23.1 Å². The molecule has 0 aromatic heterocycles. The summed E-state index contributed by atoms with van der Waals surface area (Å²) in [4.78, 5) is 27.5. The lowest BCUT2D eigenvalue weighted by molar-refractivity contribution is -0.384. The lowest BCUT2D eigenvalue weighted by atomic mass is 9.94. The predicted molar refractivity (Wildman–Crippen MR) is 116 cm³/mol. The minimum Gasteiger partial charge on any atom is -0.378 e. The maximum absolute atomic E-state index is 12.8. The molecular weight excluding hydrogens is 424 g/mol. The van der Waals surface area contributed by atoms with Crippen LogP contribution < -0.4 is 4.90 Å². The summed E-state index contributed by atoms with van der Waals surface area (Å²) in [5.74, 6) is 0.0221. The number of piperidine rings is 1. The Kier molecular flexibility index (Phi) is 7.50. The number of anilines is 1. The first-order chi connectivity index (χ1) is 14.8. The molecule has 2 fully saturated rings. The van der Waals surface area contributed by atoms with E-state index in [9.17, 15) is 23.3 Å². The van der Waals surface area contributed by atoms with E-state index in [-0.39, 0.29) is 22.4 Å². The summed E-state index contributed by atoms with van der Waals surface area (Å²) >= 11 is 0. The smallest absolute Gasteiger partial charge is 0.293 e. The van der Waals surface area contributed by atoms with E-state index in [0.29, 0.717) is 71.0 Å². The van der Waals surface area contributed by atoms with Crippen molar-refractivity contribution in [3.05, 3.63) is 28.3 Å². The highest BCUT2D eigenvalue weighted by atomic mass is 32.2. The predicted octanol–water partition coefficient (Wildman–Crippen LogP) is 1.70. The van der Waals surface area contributed by atoms with E-state index in [1.807, 2.05) is 9.80 Å². The van der Waals surface area contributed by atoms with Crippen molar-refractivity contribution < 1.29 is 22.9 Å². The first kappa shape index (κ1) is 23.4. The highest BCUT2D eigenvalue weighted by molar-refractivity contribution is 7.89. The summed E-state index contributed by atoms with van der Waals surface area (Å²) in [6, 6.07) is 4.09. The van der Waals surface area contributed by atoms with E-state index >= 15 is 0 Å². The summed E-state index contributed by atoms with van der Waals surface area (Å²) in [6.07, 6.45) is 1.21. The molecule has 0 aliphatic carbocycles. The van der Waals surface area contributed by atoms with Crippen LogP contribution in [-0.4, -0.2) is 80.9 Å². The van der Waals surface area contributed by atoms with E-state index in [0.717, 1.165) is 6.07 Å². The molecule has 0 N–H and O–H groups in total. The van der Waals surface area contributed by atoms with Gasteiger partial charge in [-0.15, -0.1) is 0 Å². The van der Waals surface area contributed by atoms with Crippen LogP contribution in [0.5, 0.6) is 0 Å². The fourth-order valence-corrected chi connectivity index (χ4v) is 5.68. The van der Waals surface area contributed by atoms with Crippen LogP contribution in [0.4, 0.5) is 11.4 Å². The van der Waals surface area contributed by atoms with Gasteiger partial charge in [-0.3, -0.25) is 14.9 Å². The molecule has 11 heteroatoms. The van der Waals surface area contributed by atoms with Crippen LogP contribution in [-0.2, 0) is 19.6 Å². The quantitative estimate of drug-likeness (QED) is 0.455. The second kappa shape index (κ2) is 9.92. The summed E-state index contributed by atoms with van der Waals surface area (Å²) in [5, 5.41) is 11.7. The Morgan fingerprint density at radius 3 is 2.32 bits per heavy atom. The Morgan fingerprint density at radius 1 is 1.16 bits per heavy atom. The molecule has 0 unspecified atom stereocenters. The topological polar surface area (TPSA) is 113 Å². The van der Waals surface area contributed by atoms with Gasteiger partial charge in [0.05, 0.1) is 23.0 Å². The Hall–Kier alpha value is -2.24. The maximum Gasteiger partial charge on any atom is 0.293 e. The molecule has 10 nitrogen and oxygen atoms in total. The highest BCUT2D eigenvalue weighted by Crippen LogP contribution is 2.34. The van der Waals surface area contributed by atoms with Gasteiger partial charge in [-0.25, -0.2) is 8.42 Å². The molecule has 172 valence electrons. The van der Waals surface area contributed by atoms with Crippen LogP contribution >= 0.6 is 0 Å². The Bertz CT molecular complexity index is 904. The third-order valence-corrected chi connectivity index (χ3v) is 8.04. The zero-order valence-electron chi connectivity index (χ0n) is 18.0. The van der Waals surface area contributed by atoms with Gasteiger partial charge in [-0.05, 0) is 25.0 Å². The molecular formula is C20H30N4O6S. The van der Waals surface area contributed by atoms with Crippen molar-refractivity contribution in [2.24, 2.45) is 5.92 Å². The second-order valence-electron chi connectivity index (χ2n) is 7.70. The van der Waals surface area contributed by atoms with Crippen molar-refractivity contribution in [1.82, 2.24) is 9.21 Å². The highest BCUT2D eigenvalue weighted by Gasteiger charge is 2.32. The number of ether oxygens (including phenoxy) is 1. The molecule has 0 atom stereocenters. The average molecular weight is 455 g/mol. The van der Waals surface area contributed by atoms with Gasteiger partial charge in [0, 0.05) is 51.3 Å². The first-order valence-corrected chi connectivity index (χ1v) is 12.1. The molecule has 1 aromatic rings. The van der Waals surface area contributed by atoms with E-state index < -0.39 is 14.9 Å². The number of nitro groups is 1. The Morgan fingerprint density at radius 2 is 1.77 bits per heavy atom. The minimum absolute atomic E-state index is 0.0796. The van der Waals surface area contributed by atoms with E-state index in [2.05, 4.69) is 0 Å². The van der Waals surface area contributed by atoms with E-state index in [1.54, 1.807) is 13.8 Å². The zero-order chi connectivity index (χ0) is 22.6. The fourth-order valence-electron chi connectivity index (χ4n) is 4.20. The molecule has 0 saturated carbocycles. The summed E-state index contributed by atoms with van der Waals surface area (Å²) in [7, 11) is -3.79. The van der Waals surface area contributed by atoms with Crippen LogP contribution in [0.3, 0.4) is 0 Å². The lowest BCUT2D eigenvalue weighted by Gasteiger charge is -2.36. The van der Waals surface area contributed by atoms with Crippen molar-refractivity contribution in [3.8, 4) is 0 Å².